The normalized spacial score (nSPS) is 47.3. The number of ether oxygens (including phenoxy) is 5. The first-order valence-electron chi connectivity index (χ1n) is 28.1. The smallest absolute Gasteiger partial charge is 0.305 e. The molecule has 0 aromatic rings. The van der Waals surface area contributed by atoms with Gasteiger partial charge in [0.25, 0.3) is 0 Å². The lowest BCUT2D eigenvalue weighted by Gasteiger charge is -2.65. The predicted molar refractivity (Wildman–Crippen MR) is 265 cm³/mol. The van der Waals surface area contributed by atoms with Crippen molar-refractivity contribution in [2.24, 2.45) is 105 Å². The molecule has 0 heterocycles. The van der Waals surface area contributed by atoms with Crippen LogP contribution in [0.1, 0.15) is 191 Å². The second kappa shape index (κ2) is 21.8. The summed E-state index contributed by atoms with van der Waals surface area (Å²) in [6.07, 6.45) is 22.1. The molecule has 9 heteroatoms. The molecule has 0 radical (unpaired) electrons. The molecule has 8 rings (SSSR count). The third kappa shape index (κ3) is 9.74. The molecule has 8 saturated carbocycles. The lowest BCUT2D eigenvalue weighted by Crippen LogP contribution is -2.62. The van der Waals surface area contributed by atoms with E-state index in [9.17, 15) is 19.8 Å². The van der Waals surface area contributed by atoms with Gasteiger partial charge in [-0.2, -0.15) is 0 Å². The van der Waals surface area contributed by atoms with E-state index in [2.05, 4.69) is 62.3 Å². The number of esters is 2. The van der Waals surface area contributed by atoms with E-state index < -0.39 is 0 Å². The van der Waals surface area contributed by atoms with Crippen LogP contribution in [0.2, 0.25) is 0 Å². The first kappa shape index (κ1) is 53.5. The van der Waals surface area contributed by atoms with Crippen LogP contribution in [-0.4, -0.2) is 81.3 Å². The molecule has 0 aromatic heterocycles. The van der Waals surface area contributed by atoms with E-state index in [4.69, 9.17) is 23.7 Å². The van der Waals surface area contributed by atoms with Gasteiger partial charge in [-0.05, 0) is 214 Å². The molecule has 0 aromatic carbocycles. The zero-order valence-electron chi connectivity index (χ0n) is 44.7. The maximum atomic E-state index is 11.9. The molecular formula is C58H100O9. The van der Waals surface area contributed by atoms with Crippen molar-refractivity contribution in [1.29, 1.82) is 0 Å². The number of carbonyl (C=O) groups is 2. The molecule has 67 heavy (non-hydrogen) atoms. The Kier molecular flexibility index (Phi) is 17.5. The van der Waals surface area contributed by atoms with Crippen LogP contribution < -0.4 is 0 Å². The molecule has 9 nitrogen and oxygen atoms in total. The Morgan fingerprint density at radius 2 is 1.04 bits per heavy atom. The van der Waals surface area contributed by atoms with E-state index >= 15 is 0 Å². The molecule has 0 amide bonds. The van der Waals surface area contributed by atoms with Crippen LogP contribution in [0.3, 0.4) is 0 Å². The average Bonchev–Trinajstić information content (AvgIpc) is 3.86. The molecule has 0 spiro atoms. The number of fused-ring (bicyclic) bond motifs is 10. The highest BCUT2D eigenvalue weighted by Crippen LogP contribution is 2.72. The second-order valence-corrected chi connectivity index (χ2v) is 25.4. The minimum Gasteiger partial charge on any atom is -0.469 e. The lowest BCUT2D eigenvalue weighted by molar-refractivity contribution is -0.236. The number of carbonyl (C=O) groups excluding carboxylic acids is 2. The number of aliphatic hydroxyl groups excluding tert-OH is 2. The van der Waals surface area contributed by atoms with Gasteiger partial charge in [0.05, 0.1) is 38.6 Å². The van der Waals surface area contributed by atoms with Gasteiger partial charge in [-0.25, -0.2) is 0 Å². The summed E-state index contributed by atoms with van der Waals surface area (Å²) in [6, 6.07) is 0. The van der Waals surface area contributed by atoms with Crippen LogP contribution >= 0.6 is 0 Å². The first-order chi connectivity index (χ1) is 31.9. The maximum Gasteiger partial charge on any atom is 0.305 e. The quantitative estimate of drug-likeness (QED) is 0.122. The van der Waals surface area contributed by atoms with Crippen LogP contribution in [0, 0.1) is 105 Å². The Balaban J connectivity index is 0.000000201. The summed E-state index contributed by atoms with van der Waals surface area (Å²) in [5.74, 6) is 7.80. The van der Waals surface area contributed by atoms with Gasteiger partial charge in [-0.3, -0.25) is 9.59 Å². The third-order valence-corrected chi connectivity index (χ3v) is 23.1. The molecule has 0 aliphatic heterocycles. The SMILES string of the molecule is CCO[C@@H]1CC[C@]2(C)C3CC[C@@]4(C)C(CC[C@@H]4[C@H](C)CCC(=O)OC)C3[C@H](OCOC)[C@H](CC)[C@@H]2C1.CC[C@H]1[C@@H](O)C2C3CC[C@H]([C@H](C)CCC(=O)OC)[C@@]3(C)CCC2[C@@]2(C)CC[C@@H](O)C[C@@H]12. The molecule has 0 bridgehead atoms. The Bertz CT molecular complexity index is 1640. The van der Waals surface area contributed by atoms with Crippen molar-refractivity contribution in [3.8, 4) is 0 Å². The maximum absolute atomic E-state index is 11.9. The van der Waals surface area contributed by atoms with Crippen molar-refractivity contribution in [2.45, 2.75) is 215 Å². The van der Waals surface area contributed by atoms with Gasteiger partial charge in [-0.1, -0.05) is 68.2 Å². The Morgan fingerprint density at radius 1 is 0.567 bits per heavy atom. The number of methoxy groups -OCH3 is 3. The summed E-state index contributed by atoms with van der Waals surface area (Å²) >= 11 is 0. The summed E-state index contributed by atoms with van der Waals surface area (Å²) in [5.41, 5.74) is 1.24. The Morgan fingerprint density at radius 3 is 1.55 bits per heavy atom. The standard InChI is InChI=1S/C31H54O5.C27H46O4/c1-8-22-26-18-21(35-9-2)14-16-31(26,5)25-15-17-30(4)23(20(3)10-13-27(32)34-7)11-12-24(30)28(25)29(22)36-19-33-6;1-6-18-22-15-17(28)11-13-27(22,4)21-12-14-26(3)19(16(2)7-10-23(29)31-5)8-9-20(26)24(21)25(18)30/h20-26,28-29H,8-19H2,1-7H3;16-22,24-25,28,30H,6-15H2,1-5H3/t20-,21-,22-,23-,24?,25?,26+,28?,29-,30-,31-;16-,17-,18-,19-,20?,21?,22+,24?,25-,26-,27-/m11/s1. The number of aliphatic hydroxyl groups is 2. The number of hydrogen-bond donors (Lipinski definition) is 2. The van der Waals surface area contributed by atoms with Crippen LogP contribution in [-0.2, 0) is 33.3 Å². The summed E-state index contributed by atoms with van der Waals surface area (Å²) < 4.78 is 28.3. The van der Waals surface area contributed by atoms with Crippen LogP contribution in [0.25, 0.3) is 0 Å². The van der Waals surface area contributed by atoms with E-state index in [1.165, 1.54) is 91.3 Å². The topological polar surface area (TPSA) is 121 Å². The number of hydrogen-bond acceptors (Lipinski definition) is 9. The molecule has 0 saturated heterocycles. The molecular weight excluding hydrogens is 841 g/mol. The van der Waals surface area contributed by atoms with E-state index in [0.717, 1.165) is 51.0 Å². The average molecular weight is 941 g/mol. The molecule has 8 aliphatic rings. The first-order valence-corrected chi connectivity index (χ1v) is 28.1. The zero-order chi connectivity index (χ0) is 48.6. The Labute approximate surface area is 408 Å². The summed E-state index contributed by atoms with van der Waals surface area (Å²) in [4.78, 5) is 23.6. The molecule has 386 valence electrons. The summed E-state index contributed by atoms with van der Waals surface area (Å²) in [5, 5.41) is 22.2. The fourth-order valence-electron chi connectivity index (χ4n) is 19.9. The third-order valence-electron chi connectivity index (χ3n) is 23.1. The van der Waals surface area contributed by atoms with E-state index in [1.807, 2.05) is 0 Å². The van der Waals surface area contributed by atoms with Gasteiger partial charge in [0.1, 0.15) is 6.79 Å². The van der Waals surface area contributed by atoms with Gasteiger partial charge < -0.3 is 33.9 Å². The van der Waals surface area contributed by atoms with Crippen LogP contribution in [0.15, 0.2) is 0 Å². The molecule has 8 fully saturated rings. The fraction of sp³-hybridized carbons (Fsp3) is 0.966. The van der Waals surface area contributed by atoms with Gasteiger partial charge in [0.15, 0.2) is 0 Å². The monoisotopic (exact) mass is 941 g/mol. The highest BCUT2D eigenvalue weighted by molar-refractivity contribution is 5.69. The highest BCUT2D eigenvalue weighted by atomic mass is 16.7. The molecule has 8 aliphatic carbocycles. The van der Waals surface area contributed by atoms with Crippen molar-refractivity contribution >= 4 is 11.9 Å². The Hall–Kier alpha value is -1.26. The minimum atomic E-state index is -0.230. The fourth-order valence-corrected chi connectivity index (χ4v) is 19.9. The van der Waals surface area contributed by atoms with Crippen molar-refractivity contribution in [1.82, 2.24) is 0 Å². The van der Waals surface area contributed by atoms with Crippen LogP contribution in [0.5, 0.6) is 0 Å². The van der Waals surface area contributed by atoms with Crippen LogP contribution in [0.4, 0.5) is 0 Å². The second-order valence-electron chi connectivity index (χ2n) is 25.4. The minimum absolute atomic E-state index is 0.0713. The summed E-state index contributed by atoms with van der Waals surface area (Å²) in [7, 11) is 4.74. The van der Waals surface area contributed by atoms with Gasteiger partial charge >= 0.3 is 11.9 Å². The molecule has 2 N–H and O–H groups in total. The lowest BCUT2D eigenvalue weighted by atomic mass is 9.41. The molecule has 6 unspecified atom stereocenters. The van der Waals surface area contributed by atoms with Gasteiger partial charge in [0, 0.05) is 26.6 Å². The van der Waals surface area contributed by atoms with E-state index in [1.54, 1.807) is 7.11 Å². The highest BCUT2D eigenvalue weighted by Gasteiger charge is 2.67. The summed E-state index contributed by atoms with van der Waals surface area (Å²) in [6.45, 7) is 22.9. The van der Waals surface area contributed by atoms with Crippen molar-refractivity contribution < 1.29 is 43.5 Å². The van der Waals surface area contributed by atoms with Gasteiger partial charge in [0.2, 0.25) is 0 Å². The van der Waals surface area contributed by atoms with Crippen molar-refractivity contribution in [2.75, 3.05) is 34.7 Å². The molecule has 22 atom stereocenters. The van der Waals surface area contributed by atoms with Crippen molar-refractivity contribution in [3.63, 3.8) is 0 Å². The largest absolute Gasteiger partial charge is 0.469 e. The van der Waals surface area contributed by atoms with Gasteiger partial charge in [-0.15, -0.1) is 0 Å². The van der Waals surface area contributed by atoms with Crippen molar-refractivity contribution in [3.05, 3.63) is 0 Å². The predicted octanol–water partition coefficient (Wildman–Crippen LogP) is 12.1. The van der Waals surface area contributed by atoms with E-state index in [-0.39, 0.29) is 41.1 Å². The zero-order valence-corrected chi connectivity index (χ0v) is 44.7. The van der Waals surface area contributed by atoms with E-state index in [0.29, 0.717) is 114 Å². The number of rotatable bonds is 15.